The Hall–Kier alpha value is -3.81. The van der Waals surface area contributed by atoms with Crippen LogP contribution in [0.15, 0.2) is 64.3 Å². The maximum Gasteiger partial charge on any atom is 0.329 e. The van der Waals surface area contributed by atoms with Crippen molar-refractivity contribution in [2.45, 2.75) is 25.9 Å². The highest BCUT2D eigenvalue weighted by Crippen LogP contribution is 2.32. The van der Waals surface area contributed by atoms with Crippen molar-refractivity contribution in [1.82, 2.24) is 14.1 Å². The molecule has 5 rings (SSSR count). The fraction of sp³-hybridized carbons (Fsp3) is 0.280. The lowest BCUT2D eigenvalue weighted by atomic mass is 10.2. The third kappa shape index (κ3) is 3.51. The second-order valence-corrected chi connectivity index (χ2v) is 8.39. The van der Waals surface area contributed by atoms with E-state index >= 15 is 0 Å². The number of nitrogens with one attached hydrogen (secondary N) is 1. The molecule has 7 nitrogen and oxygen atoms in total. The van der Waals surface area contributed by atoms with Gasteiger partial charge in [-0.3, -0.25) is 13.9 Å². The van der Waals surface area contributed by atoms with Gasteiger partial charge in [0.05, 0.1) is 30.9 Å². The number of hydrogen-bond donors (Lipinski definition) is 1. The number of benzene rings is 2. The molecule has 170 valence electrons. The first-order valence-corrected chi connectivity index (χ1v) is 10.9. The van der Waals surface area contributed by atoms with Crippen molar-refractivity contribution in [3.05, 3.63) is 92.5 Å². The van der Waals surface area contributed by atoms with E-state index < -0.39 is 0 Å². The van der Waals surface area contributed by atoms with Crippen molar-refractivity contribution in [3.8, 4) is 5.75 Å². The molecule has 0 radical (unpaired) electrons. The maximum absolute atomic E-state index is 14.6. The second kappa shape index (κ2) is 8.27. The lowest BCUT2D eigenvalue weighted by Gasteiger charge is -2.21. The number of pyridine rings is 1. The zero-order valence-corrected chi connectivity index (χ0v) is 18.5. The van der Waals surface area contributed by atoms with Crippen LogP contribution < -0.4 is 20.9 Å². The number of H-pyrrole nitrogens is 1. The number of aromatic amines is 1. The zero-order valence-electron chi connectivity index (χ0n) is 18.5. The van der Waals surface area contributed by atoms with Crippen LogP contribution in [0.3, 0.4) is 0 Å². The minimum Gasteiger partial charge on any atom is -0.496 e. The van der Waals surface area contributed by atoms with E-state index in [2.05, 4.69) is 4.98 Å². The number of halogens is 1. The van der Waals surface area contributed by atoms with E-state index in [1.54, 1.807) is 30.0 Å². The Labute approximate surface area is 189 Å². The van der Waals surface area contributed by atoms with E-state index in [9.17, 15) is 14.0 Å². The standard InChI is InChI=1S/C25H25FN4O3/c1-16-6-5-8-19(26)22(16)28-13-11-18(15-28)30-20-10-12-27-24(31)23(20)29(25(30)32)14-17-7-3-4-9-21(17)33-2/h3-10,12,18H,11,13-15H2,1-2H3,(H,27,31). The van der Waals surface area contributed by atoms with Crippen LogP contribution in [0.5, 0.6) is 5.75 Å². The van der Waals surface area contributed by atoms with E-state index in [1.165, 1.54) is 10.6 Å². The van der Waals surface area contributed by atoms with Gasteiger partial charge >= 0.3 is 5.69 Å². The molecule has 0 bridgehead atoms. The van der Waals surface area contributed by atoms with Gasteiger partial charge in [0.15, 0.2) is 0 Å². The Balaban J connectivity index is 1.59. The highest BCUT2D eigenvalue weighted by Gasteiger charge is 2.30. The first kappa shape index (κ1) is 21.1. The molecule has 33 heavy (non-hydrogen) atoms. The summed E-state index contributed by atoms with van der Waals surface area (Å²) in [6, 6.07) is 14.1. The van der Waals surface area contributed by atoms with Crippen LogP contribution in [0.1, 0.15) is 23.6 Å². The molecule has 0 saturated carbocycles. The number of fused-ring (bicyclic) bond motifs is 1. The first-order chi connectivity index (χ1) is 16.0. The Bertz CT molecular complexity index is 1430. The smallest absolute Gasteiger partial charge is 0.329 e. The monoisotopic (exact) mass is 448 g/mol. The van der Waals surface area contributed by atoms with E-state index in [1.807, 2.05) is 42.2 Å². The molecule has 2 aromatic heterocycles. The number of methoxy groups -OCH3 is 1. The molecule has 4 aromatic rings. The van der Waals surface area contributed by atoms with E-state index in [-0.39, 0.29) is 29.7 Å². The van der Waals surface area contributed by atoms with Gasteiger partial charge in [-0.05, 0) is 37.1 Å². The van der Waals surface area contributed by atoms with E-state index in [0.29, 0.717) is 42.0 Å². The van der Waals surface area contributed by atoms with Crippen molar-refractivity contribution in [2.24, 2.45) is 0 Å². The van der Waals surface area contributed by atoms with Crippen LogP contribution in [0.2, 0.25) is 0 Å². The molecule has 0 amide bonds. The van der Waals surface area contributed by atoms with Gasteiger partial charge in [-0.2, -0.15) is 0 Å². The molecule has 2 aromatic carbocycles. The lowest BCUT2D eigenvalue weighted by Crippen LogP contribution is -2.30. The van der Waals surface area contributed by atoms with Crippen LogP contribution in [0.25, 0.3) is 11.0 Å². The summed E-state index contributed by atoms with van der Waals surface area (Å²) >= 11 is 0. The number of ether oxygens (including phenoxy) is 1. The van der Waals surface area contributed by atoms with Gasteiger partial charge in [-0.15, -0.1) is 0 Å². The molecule has 0 spiro atoms. The largest absolute Gasteiger partial charge is 0.496 e. The third-order valence-corrected chi connectivity index (χ3v) is 6.43. The van der Waals surface area contributed by atoms with Gasteiger partial charge in [0.25, 0.3) is 5.56 Å². The fourth-order valence-electron chi connectivity index (χ4n) is 4.93. The Kier molecular flexibility index (Phi) is 5.28. The number of rotatable bonds is 5. The summed E-state index contributed by atoms with van der Waals surface area (Å²) in [6.45, 7) is 3.21. The first-order valence-electron chi connectivity index (χ1n) is 10.9. The average molecular weight is 448 g/mol. The topological polar surface area (TPSA) is 72.3 Å². The van der Waals surface area contributed by atoms with Crippen molar-refractivity contribution >= 4 is 16.7 Å². The number of aryl methyl sites for hydroxylation is 1. The highest BCUT2D eigenvalue weighted by molar-refractivity contribution is 5.75. The molecule has 1 saturated heterocycles. The Morgan fingerprint density at radius 1 is 1.12 bits per heavy atom. The van der Waals surface area contributed by atoms with Crippen molar-refractivity contribution in [1.29, 1.82) is 0 Å². The molecule has 1 aliphatic heterocycles. The molecule has 1 N–H and O–H groups in total. The number of imidazole rings is 1. The summed E-state index contributed by atoms with van der Waals surface area (Å²) < 4.78 is 23.2. The van der Waals surface area contributed by atoms with Crippen molar-refractivity contribution in [3.63, 3.8) is 0 Å². The van der Waals surface area contributed by atoms with Gasteiger partial charge in [0, 0.05) is 24.8 Å². The maximum atomic E-state index is 14.6. The highest BCUT2D eigenvalue weighted by atomic mass is 19.1. The summed E-state index contributed by atoms with van der Waals surface area (Å²) in [5, 5.41) is 0. The molecule has 8 heteroatoms. The van der Waals surface area contributed by atoms with Crippen molar-refractivity contribution in [2.75, 3.05) is 25.1 Å². The van der Waals surface area contributed by atoms with Crippen LogP contribution in [0, 0.1) is 12.7 Å². The SMILES string of the molecule is COc1ccccc1Cn1c(=O)n(C2CCN(c3c(C)cccc3F)C2)c2cc[nH]c(=O)c21. The van der Waals surface area contributed by atoms with E-state index in [0.717, 1.165) is 11.1 Å². The number of aromatic nitrogens is 3. The zero-order chi connectivity index (χ0) is 23.1. The Morgan fingerprint density at radius 2 is 1.94 bits per heavy atom. The van der Waals surface area contributed by atoms with Gasteiger partial charge in [0.2, 0.25) is 0 Å². The Morgan fingerprint density at radius 3 is 2.73 bits per heavy atom. The van der Waals surface area contributed by atoms with Crippen LogP contribution >= 0.6 is 0 Å². The summed E-state index contributed by atoms with van der Waals surface area (Å²) in [4.78, 5) is 31.1. The van der Waals surface area contributed by atoms with Crippen LogP contribution in [-0.4, -0.2) is 34.3 Å². The molecule has 3 heterocycles. The number of para-hydroxylation sites is 2. The van der Waals surface area contributed by atoms with Gasteiger partial charge in [-0.25, -0.2) is 9.18 Å². The quantitative estimate of drug-likeness (QED) is 0.508. The predicted octanol–water partition coefficient (Wildman–Crippen LogP) is 3.45. The number of anilines is 1. The van der Waals surface area contributed by atoms with Crippen LogP contribution in [0.4, 0.5) is 10.1 Å². The van der Waals surface area contributed by atoms with Crippen molar-refractivity contribution < 1.29 is 9.13 Å². The predicted molar refractivity (Wildman–Crippen MR) is 126 cm³/mol. The summed E-state index contributed by atoms with van der Waals surface area (Å²) in [6.07, 6.45) is 2.23. The van der Waals surface area contributed by atoms with Gasteiger partial charge in [0.1, 0.15) is 17.1 Å². The summed E-state index contributed by atoms with van der Waals surface area (Å²) in [7, 11) is 1.58. The average Bonchev–Trinajstić information content (AvgIpc) is 3.37. The molecule has 0 aliphatic carbocycles. The van der Waals surface area contributed by atoms with Gasteiger partial charge in [-0.1, -0.05) is 30.3 Å². The van der Waals surface area contributed by atoms with Gasteiger partial charge < -0.3 is 14.6 Å². The summed E-state index contributed by atoms with van der Waals surface area (Å²) in [5.41, 5.74) is 2.56. The van der Waals surface area contributed by atoms with E-state index in [4.69, 9.17) is 4.74 Å². The molecular formula is C25H25FN4O3. The normalized spacial score (nSPS) is 16.0. The lowest BCUT2D eigenvalue weighted by molar-refractivity contribution is 0.408. The molecule has 1 fully saturated rings. The molecule has 1 aliphatic rings. The van der Waals surface area contributed by atoms with Crippen LogP contribution in [-0.2, 0) is 6.54 Å². The second-order valence-electron chi connectivity index (χ2n) is 8.39. The number of nitrogens with zero attached hydrogens (tertiary/aromatic N) is 3. The summed E-state index contributed by atoms with van der Waals surface area (Å²) in [5.74, 6) is 0.387. The molecule has 1 atom stereocenters. The third-order valence-electron chi connectivity index (χ3n) is 6.43. The minimum atomic E-state index is -0.321. The number of hydrogen-bond acceptors (Lipinski definition) is 4. The molecular weight excluding hydrogens is 423 g/mol. The molecule has 1 unspecified atom stereocenters. The minimum absolute atomic E-state index is 0.181. The fourth-order valence-corrected chi connectivity index (χ4v) is 4.93.